The van der Waals surface area contributed by atoms with Crippen LogP contribution in [0.3, 0.4) is 0 Å². The van der Waals surface area contributed by atoms with Gasteiger partial charge in [-0.05, 0) is 0 Å². The third-order valence-electron chi connectivity index (χ3n) is 0.575. The Labute approximate surface area is 83.2 Å². The first-order chi connectivity index (χ1) is 4.54. The zero-order valence-corrected chi connectivity index (χ0v) is 9.99. The minimum Gasteiger partial charge on any atom is -0.469 e. The standard InChI is InChI=1S/2C3H6O2.Sn/c2*1-3(4)5-2;/h2*1-2H3;. The fourth-order valence-electron chi connectivity index (χ4n) is 0. The van der Waals surface area contributed by atoms with E-state index in [1.54, 1.807) is 0 Å². The Hall–Kier alpha value is -0.261. The van der Waals surface area contributed by atoms with E-state index in [1.807, 2.05) is 0 Å². The van der Waals surface area contributed by atoms with Crippen LogP contribution in [0.2, 0.25) is 0 Å². The molecule has 0 atom stereocenters. The van der Waals surface area contributed by atoms with Crippen molar-refractivity contribution in [2.24, 2.45) is 0 Å². The first-order valence-electron chi connectivity index (χ1n) is 2.63. The third kappa shape index (κ3) is 41.7. The fourth-order valence-corrected chi connectivity index (χ4v) is 0. The SMILES string of the molecule is COC(C)=O.COC(C)=O.[Sn]. The van der Waals surface area contributed by atoms with E-state index in [-0.39, 0.29) is 35.8 Å². The molecular weight excluding hydrogens is 255 g/mol. The number of methoxy groups -OCH3 is 2. The van der Waals surface area contributed by atoms with Gasteiger partial charge in [-0.2, -0.15) is 0 Å². The number of ether oxygens (including phenoxy) is 2. The fraction of sp³-hybridized carbons (Fsp3) is 0.667. The van der Waals surface area contributed by atoms with Gasteiger partial charge in [-0.1, -0.05) is 0 Å². The molecule has 0 aromatic rings. The smallest absolute Gasteiger partial charge is 0.302 e. The van der Waals surface area contributed by atoms with Crippen LogP contribution in [-0.4, -0.2) is 50.1 Å². The number of hydrogen-bond acceptors (Lipinski definition) is 4. The van der Waals surface area contributed by atoms with Gasteiger partial charge < -0.3 is 9.47 Å². The van der Waals surface area contributed by atoms with Gasteiger partial charge in [0.05, 0.1) is 14.2 Å². The van der Waals surface area contributed by atoms with Crippen LogP contribution in [0.5, 0.6) is 0 Å². The summed E-state index contributed by atoms with van der Waals surface area (Å²) in [5, 5.41) is 0. The third-order valence-corrected chi connectivity index (χ3v) is 0.575. The summed E-state index contributed by atoms with van der Waals surface area (Å²) in [6.45, 7) is 2.72. The molecule has 0 amide bonds. The van der Waals surface area contributed by atoms with Crippen molar-refractivity contribution in [1.29, 1.82) is 0 Å². The molecule has 11 heavy (non-hydrogen) atoms. The average molecular weight is 267 g/mol. The van der Waals surface area contributed by atoms with Gasteiger partial charge in [-0.25, -0.2) is 0 Å². The summed E-state index contributed by atoms with van der Waals surface area (Å²) in [7, 11) is 2.70. The molecule has 5 heteroatoms. The summed E-state index contributed by atoms with van der Waals surface area (Å²) < 4.78 is 8.22. The van der Waals surface area contributed by atoms with Gasteiger partial charge in [0.25, 0.3) is 0 Å². The molecule has 0 fully saturated rings. The molecule has 0 aromatic carbocycles. The van der Waals surface area contributed by atoms with E-state index >= 15 is 0 Å². The minimum atomic E-state index is -0.245. The molecule has 4 radical (unpaired) electrons. The van der Waals surface area contributed by atoms with E-state index in [4.69, 9.17) is 0 Å². The molecule has 0 N–H and O–H groups in total. The van der Waals surface area contributed by atoms with Crippen molar-refractivity contribution in [3.8, 4) is 0 Å². The number of rotatable bonds is 0. The van der Waals surface area contributed by atoms with Crippen molar-refractivity contribution in [3.05, 3.63) is 0 Å². The molecular formula is C6H12O4Sn. The van der Waals surface area contributed by atoms with Crippen molar-refractivity contribution in [2.75, 3.05) is 14.2 Å². The van der Waals surface area contributed by atoms with Crippen LogP contribution < -0.4 is 0 Å². The quantitative estimate of drug-likeness (QED) is 0.457. The molecule has 0 spiro atoms. The number of hydrogen-bond donors (Lipinski definition) is 0. The second kappa shape index (κ2) is 12.4. The Morgan fingerprint density at radius 2 is 1.00 bits per heavy atom. The van der Waals surface area contributed by atoms with Crippen molar-refractivity contribution < 1.29 is 19.1 Å². The van der Waals surface area contributed by atoms with E-state index in [0.717, 1.165) is 0 Å². The first kappa shape index (κ1) is 17.0. The van der Waals surface area contributed by atoms with Gasteiger partial charge in [0, 0.05) is 37.8 Å². The van der Waals surface area contributed by atoms with Crippen LogP contribution in [-0.2, 0) is 19.1 Å². The minimum absolute atomic E-state index is 0. The molecule has 4 nitrogen and oxygen atoms in total. The van der Waals surface area contributed by atoms with Crippen LogP contribution >= 0.6 is 0 Å². The van der Waals surface area contributed by atoms with Crippen LogP contribution in [0, 0.1) is 0 Å². The predicted molar refractivity (Wildman–Crippen MR) is 41.1 cm³/mol. The molecule has 0 saturated heterocycles. The normalized spacial score (nSPS) is 6.18. The largest absolute Gasteiger partial charge is 0.469 e. The molecule has 0 rings (SSSR count). The molecule has 64 valence electrons. The summed E-state index contributed by atoms with van der Waals surface area (Å²) in [5.74, 6) is -0.491. The van der Waals surface area contributed by atoms with Gasteiger partial charge in [0.15, 0.2) is 0 Å². The Bertz CT molecular complexity index is 99.1. The zero-order chi connectivity index (χ0) is 8.57. The monoisotopic (exact) mass is 268 g/mol. The Morgan fingerprint density at radius 1 is 0.909 bits per heavy atom. The predicted octanol–water partition coefficient (Wildman–Crippen LogP) is -0.0222. The maximum absolute atomic E-state index is 9.59. The maximum Gasteiger partial charge on any atom is 0.302 e. The van der Waals surface area contributed by atoms with Crippen LogP contribution in [0.15, 0.2) is 0 Å². The number of carbonyl (C=O) groups excluding carboxylic acids is 2. The zero-order valence-electron chi connectivity index (χ0n) is 7.13. The Morgan fingerprint density at radius 3 is 1.00 bits per heavy atom. The molecule has 0 saturated carbocycles. The van der Waals surface area contributed by atoms with E-state index in [1.165, 1.54) is 28.1 Å². The van der Waals surface area contributed by atoms with Gasteiger partial charge in [0.1, 0.15) is 0 Å². The molecule has 0 heterocycles. The Kier molecular flexibility index (Phi) is 19.2. The number of esters is 2. The number of carbonyl (C=O) groups is 2. The summed E-state index contributed by atoms with van der Waals surface area (Å²) in [6.07, 6.45) is 0. The van der Waals surface area contributed by atoms with Gasteiger partial charge in [-0.3, -0.25) is 9.59 Å². The second-order valence-corrected chi connectivity index (χ2v) is 1.39. The molecule has 0 aromatic heterocycles. The molecule has 0 aliphatic heterocycles. The second-order valence-electron chi connectivity index (χ2n) is 1.39. The molecule has 0 aliphatic rings. The van der Waals surface area contributed by atoms with Crippen molar-refractivity contribution in [1.82, 2.24) is 0 Å². The summed E-state index contributed by atoms with van der Waals surface area (Å²) >= 11 is 0. The van der Waals surface area contributed by atoms with Crippen LogP contribution in [0.25, 0.3) is 0 Å². The summed E-state index contributed by atoms with van der Waals surface area (Å²) in [4.78, 5) is 19.2. The Balaban J connectivity index is -0.000000107. The van der Waals surface area contributed by atoms with E-state index in [0.29, 0.717) is 0 Å². The van der Waals surface area contributed by atoms with E-state index in [9.17, 15) is 9.59 Å². The van der Waals surface area contributed by atoms with Gasteiger partial charge >= 0.3 is 11.9 Å². The van der Waals surface area contributed by atoms with Crippen molar-refractivity contribution in [2.45, 2.75) is 13.8 Å². The van der Waals surface area contributed by atoms with E-state index in [2.05, 4.69) is 9.47 Å². The first-order valence-corrected chi connectivity index (χ1v) is 2.63. The summed E-state index contributed by atoms with van der Waals surface area (Å²) in [6, 6.07) is 0. The maximum atomic E-state index is 9.59. The summed E-state index contributed by atoms with van der Waals surface area (Å²) in [5.41, 5.74) is 0. The van der Waals surface area contributed by atoms with Crippen LogP contribution in [0.1, 0.15) is 13.8 Å². The van der Waals surface area contributed by atoms with Crippen LogP contribution in [0.4, 0.5) is 0 Å². The molecule has 0 bridgehead atoms. The molecule has 0 unspecified atom stereocenters. The van der Waals surface area contributed by atoms with E-state index < -0.39 is 0 Å². The topological polar surface area (TPSA) is 52.6 Å². The van der Waals surface area contributed by atoms with Gasteiger partial charge in [0.2, 0.25) is 0 Å². The van der Waals surface area contributed by atoms with Crippen molar-refractivity contribution >= 4 is 35.8 Å². The molecule has 0 aliphatic carbocycles. The van der Waals surface area contributed by atoms with Gasteiger partial charge in [-0.15, -0.1) is 0 Å². The van der Waals surface area contributed by atoms with Crippen molar-refractivity contribution in [3.63, 3.8) is 0 Å². The average Bonchev–Trinajstić information content (AvgIpc) is 1.89.